The van der Waals surface area contributed by atoms with E-state index in [0.29, 0.717) is 24.2 Å². The van der Waals surface area contributed by atoms with Crippen LogP contribution in [-0.2, 0) is 4.79 Å². The Kier molecular flexibility index (Phi) is 3.89. The smallest absolute Gasteiger partial charge is 0.241 e. The fourth-order valence-electron chi connectivity index (χ4n) is 6.16. The van der Waals surface area contributed by atoms with Gasteiger partial charge in [0.2, 0.25) is 5.91 Å². The zero-order chi connectivity index (χ0) is 17.1. The SMILES string of the molecule is CCC1CC2CC(O)CC(C(N)C(=O)N3C(C#N)CC4CC43)(C1)C2. The molecular formula is C19H29N3O2. The van der Waals surface area contributed by atoms with Crippen LogP contribution in [0, 0.1) is 34.5 Å². The molecule has 2 bridgehead atoms. The zero-order valence-electron chi connectivity index (χ0n) is 14.5. The van der Waals surface area contributed by atoms with Crippen LogP contribution < -0.4 is 5.73 Å². The third-order valence-electron chi connectivity index (χ3n) is 7.32. The van der Waals surface area contributed by atoms with E-state index < -0.39 is 6.04 Å². The first-order chi connectivity index (χ1) is 11.5. The molecule has 0 aromatic carbocycles. The molecule has 8 atom stereocenters. The number of carbonyl (C=O) groups excluding carboxylic acids is 1. The molecule has 0 spiro atoms. The Morgan fingerprint density at radius 3 is 2.83 bits per heavy atom. The summed E-state index contributed by atoms with van der Waals surface area (Å²) in [7, 11) is 0. The first-order valence-corrected chi connectivity index (χ1v) is 9.63. The number of nitrogens with two attached hydrogens (primary N) is 1. The van der Waals surface area contributed by atoms with Gasteiger partial charge in [0.05, 0.1) is 18.2 Å². The fraction of sp³-hybridized carbons (Fsp3) is 0.895. The Morgan fingerprint density at radius 1 is 1.33 bits per heavy atom. The van der Waals surface area contributed by atoms with Crippen LogP contribution in [0.15, 0.2) is 0 Å². The van der Waals surface area contributed by atoms with Crippen molar-refractivity contribution in [2.24, 2.45) is 28.9 Å². The van der Waals surface area contributed by atoms with E-state index in [1.165, 1.54) is 0 Å². The molecule has 0 aromatic heterocycles. The van der Waals surface area contributed by atoms with E-state index in [1.807, 2.05) is 0 Å². The maximum absolute atomic E-state index is 13.2. The predicted octanol–water partition coefficient (Wildman–Crippen LogP) is 1.79. The average Bonchev–Trinajstić information content (AvgIpc) is 3.22. The number of likely N-dealkylation sites (tertiary alicyclic amines) is 1. The fourth-order valence-corrected chi connectivity index (χ4v) is 6.16. The highest BCUT2D eigenvalue weighted by molar-refractivity contribution is 5.84. The molecule has 1 aliphatic heterocycles. The van der Waals surface area contributed by atoms with E-state index in [1.54, 1.807) is 4.90 Å². The van der Waals surface area contributed by atoms with Crippen LogP contribution in [0.2, 0.25) is 0 Å². The number of rotatable bonds is 3. The first-order valence-electron chi connectivity index (χ1n) is 9.63. The lowest BCUT2D eigenvalue weighted by Crippen LogP contribution is -2.59. The summed E-state index contributed by atoms with van der Waals surface area (Å²) >= 11 is 0. The number of carbonyl (C=O) groups is 1. The number of aliphatic hydroxyl groups is 1. The predicted molar refractivity (Wildman–Crippen MR) is 89.5 cm³/mol. The highest BCUT2D eigenvalue weighted by atomic mass is 16.3. The number of hydrogen-bond donors (Lipinski definition) is 2. The van der Waals surface area contributed by atoms with Crippen LogP contribution in [0.4, 0.5) is 0 Å². The van der Waals surface area contributed by atoms with Gasteiger partial charge < -0.3 is 15.7 Å². The summed E-state index contributed by atoms with van der Waals surface area (Å²) in [6.07, 6.45) is 7.20. The van der Waals surface area contributed by atoms with Crippen molar-refractivity contribution in [2.75, 3.05) is 0 Å². The minimum absolute atomic E-state index is 0.0313. The van der Waals surface area contributed by atoms with E-state index in [9.17, 15) is 15.2 Å². The van der Waals surface area contributed by atoms with Gasteiger partial charge in [0, 0.05) is 6.04 Å². The van der Waals surface area contributed by atoms with Crippen molar-refractivity contribution in [2.45, 2.75) is 82.5 Å². The molecule has 4 fully saturated rings. The lowest BCUT2D eigenvalue weighted by atomic mass is 9.55. The number of nitrogens with zero attached hydrogens (tertiary/aromatic N) is 2. The van der Waals surface area contributed by atoms with Gasteiger partial charge in [-0.05, 0) is 68.1 Å². The Balaban J connectivity index is 1.58. The van der Waals surface area contributed by atoms with E-state index in [-0.39, 0.29) is 29.5 Å². The Labute approximate surface area is 144 Å². The van der Waals surface area contributed by atoms with Crippen LogP contribution in [0.1, 0.15) is 58.3 Å². The van der Waals surface area contributed by atoms with Crippen LogP contribution in [-0.4, -0.2) is 40.1 Å². The summed E-state index contributed by atoms with van der Waals surface area (Å²) in [6, 6.07) is 1.68. The highest BCUT2D eigenvalue weighted by Crippen LogP contribution is 2.55. The van der Waals surface area contributed by atoms with Gasteiger partial charge in [-0.15, -0.1) is 0 Å². The molecule has 3 N–H and O–H groups in total. The van der Waals surface area contributed by atoms with Crippen molar-refractivity contribution in [3.63, 3.8) is 0 Å². The van der Waals surface area contributed by atoms with Gasteiger partial charge in [-0.2, -0.15) is 5.26 Å². The van der Waals surface area contributed by atoms with Gasteiger partial charge in [-0.25, -0.2) is 0 Å². The molecule has 4 aliphatic rings. The second-order valence-corrected chi connectivity index (χ2v) is 8.91. The van der Waals surface area contributed by atoms with Crippen molar-refractivity contribution in [3.05, 3.63) is 0 Å². The van der Waals surface area contributed by atoms with Gasteiger partial charge in [-0.3, -0.25) is 4.79 Å². The molecule has 5 heteroatoms. The Bertz CT molecular complexity index is 569. The van der Waals surface area contributed by atoms with Crippen molar-refractivity contribution in [3.8, 4) is 6.07 Å². The molecule has 3 saturated carbocycles. The summed E-state index contributed by atoms with van der Waals surface area (Å²) in [6.45, 7) is 2.21. The van der Waals surface area contributed by atoms with Crippen LogP contribution >= 0.6 is 0 Å². The number of aliphatic hydroxyl groups excluding tert-OH is 1. The van der Waals surface area contributed by atoms with Gasteiger partial charge in [0.25, 0.3) is 0 Å². The molecule has 1 saturated heterocycles. The molecule has 0 radical (unpaired) electrons. The van der Waals surface area contributed by atoms with E-state index in [4.69, 9.17) is 5.73 Å². The normalized spacial score (nSPS) is 47.7. The molecule has 1 heterocycles. The third-order valence-corrected chi connectivity index (χ3v) is 7.32. The Hall–Kier alpha value is -1.12. The molecule has 3 aliphatic carbocycles. The molecule has 24 heavy (non-hydrogen) atoms. The topological polar surface area (TPSA) is 90.3 Å². The zero-order valence-corrected chi connectivity index (χ0v) is 14.5. The minimum Gasteiger partial charge on any atom is -0.393 e. The lowest BCUT2D eigenvalue weighted by molar-refractivity contribution is -0.142. The maximum Gasteiger partial charge on any atom is 0.241 e. The first kappa shape index (κ1) is 16.4. The highest BCUT2D eigenvalue weighted by Gasteiger charge is 2.58. The van der Waals surface area contributed by atoms with E-state index in [0.717, 1.165) is 44.9 Å². The van der Waals surface area contributed by atoms with Crippen molar-refractivity contribution in [1.29, 1.82) is 5.26 Å². The largest absolute Gasteiger partial charge is 0.393 e. The van der Waals surface area contributed by atoms with Crippen LogP contribution in [0.25, 0.3) is 0 Å². The Morgan fingerprint density at radius 2 is 2.12 bits per heavy atom. The van der Waals surface area contributed by atoms with Crippen LogP contribution in [0.3, 0.4) is 0 Å². The molecule has 0 aromatic rings. The minimum atomic E-state index is -0.570. The molecule has 5 nitrogen and oxygen atoms in total. The van der Waals surface area contributed by atoms with Gasteiger partial charge in [0.1, 0.15) is 6.04 Å². The van der Waals surface area contributed by atoms with Crippen molar-refractivity contribution in [1.82, 2.24) is 4.90 Å². The monoisotopic (exact) mass is 331 g/mol. The summed E-state index contributed by atoms with van der Waals surface area (Å²) in [5.74, 6) is 1.58. The number of fused-ring (bicyclic) bond motifs is 3. The molecule has 132 valence electrons. The number of piperidine rings is 1. The quantitative estimate of drug-likeness (QED) is 0.825. The van der Waals surface area contributed by atoms with Crippen molar-refractivity contribution >= 4 is 5.91 Å². The number of amides is 1. The standard InChI is InChI=1S/C19H29N3O2/c1-2-11-3-12-4-15(23)9-19(7-11,8-12)17(21)18(24)22-14(10-20)5-13-6-16(13)22/h11-17,23H,2-9,21H2,1H3. The lowest BCUT2D eigenvalue weighted by Gasteiger charge is -2.52. The van der Waals surface area contributed by atoms with Crippen molar-refractivity contribution < 1.29 is 9.90 Å². The molecule has 1 amide bonds. The number of nitriles is 1. The second-order valence-electron chi connectivity index (χ2n) is 8.91. The van der Waals surface area contributed by atoms with Gasteiger partial charge >= 0.3 is 0 Å². The summed E-state index contributed by atoms with van der Waals surface area (Å²) in [4.78, 5) is 15.0. The summed E-state index contributed by atoms with van der Waals surface area (Å²) in [5, 5.41) is 19.7. The van der Waals surface area contributed by atoms with Gasteiger partial charge in [0.15, 0.2) is 0 Å². The van der Waals surface area contributed by atoms with E-state index >= 15 is 0 Å². The average molecular weight is 331 g/mol. The molecule has 8 unspecified atom stereocenters. The van der Waals surface area contributed by atoms with E-state index in [2.05, 4.69) is 13.0 Å². The molecular weight excluding hydrogens is 302 g/mol. The third kappa shape index (κ3) is 2.46. The van der Waals surface area contributed by atoms with Gasteiger partial charge in [-0.1, -0.05) is 13.3 Å². The summed E-state index contributed by atoms with van der Waals surface area (Å²) < 4.78 is 0. The number of hydrogen-bond acceptors (Lipinski definition) is 4. The maximum atomic E-state index is 13.2. The second kappa shape index (κ2) is 5.71. The molecule has 4 rings (SSSR count). The van der Waals surface area contributed by atoms with Crippen LogP contribution in [0.5, 0.6) is 0 Å². The summed E-state index contributed by atoms with van der Waals surface area (Å²) in [5.41, 5.74) is 6.31.